The first-order valence-electron chi connectivity index (χ1n) is 5.61. The number of anilines is 1. The molecule has 0 aliphatic rings. The predicted octanol–water partition coefficient (Wildman–Crippen LogP) is 2.52. The van der Waals surface area contributed by atoms with Crippen LogP contribution in [-0.4, -0.2) is 22.6 Å². The monoisotopic (exact) mass is 282 g/mol. The second-order valence-electron chi connectivity index (χ2n) is 3.69. The van der Waals surface area contributed by atoms with E-state index in [1.165, 1.54) is 11.3 Å². The highest BCUT2D eigenvalue weighted by Crippen LogP contribution is 2.18. The number of nitrogens with one attached hydrogen (secondary N) is 2. The molecule has 5 nitrogen and oxygen atoms in total. The second kappa shape index (κ2) is 5.92. The minimum absolute atomic E-state index is 0.0183. The first kappa shape index (κ1) is 13.0. The molecule has 0 radical (unpaired) electrons. The highest BCUT2D eigenvalue weighted by Gasteiger charge is 2.15. The molecule has 2 N–H and O–H groups in total. The topological polar surface area (TPSA) is 66.9 Å². The fraction of sp³-hybridized carbons (Fsp3) is 0.364. The molecule has 18 heavy (non-hydrogen) atoms. The van der Waals surface area contributed by atoms with E-state index in [9.17, 15) is 4.79 Å². The summed E-state index contributed by atoms with van der Waals surface area (Å²) in [5, 5.41) is 18.8. The normalized spacial score (nSPS) is 12.1. The van der Waals surface area contributed by atoms with Crippen molar-refractivity contribution in [2.45, 2.75) is 19.9 Å². The number of amides is 1. The van der Waals surface area contributed by atoms with Crippen LogP contribution in [0.25, 0.3) is 0 Å². The van der Waals surface area contributed by atoms with E-state index in [1.807, 2.05) is 30.7 Å². The van der Waals surface area contributed by atoms with Crippen molar-refractivity contribution >= 4 is 33.7 Å². The van der Waals surface area contributed by atoms with Crippen molar-refractivity contribution in [2.75, 3.05) is 11.9 Å². The average Bonchev–Trinajstić information content (AvgIpc) is 3.00. The molecule has 0 fully saturated rings. The highest BCUT2D eigenvalue weighted by molar-refractivity contribution is 7.17. The highest BCUT2D eigenvalue weighted by atomic mass is 32.1. The third-order valence-corrected chi connectivity index (χ3v) is 3.92. The molecule has 1 amide bonds. The molecule has 0 saturated carbocycles. The van der Waals surface area contributed by atoms with Crippen LogP contribution < -0.4 is 10.6 Å². The second-order valence-corrected chi connectivity index (χ2v) is 5.45. The maximum atomic E-state index is 11.9. The average molecular weight is 282 g/mol. The molecule has 7 heteroatoms. The number of aromatic nitrogens is 2. The molecule has 0 spiro atoms. The molecular weight excluding hydrogens is 268 g/mol. The molecule has 96 valence electrons. The fourth-order valence-electron chi connectivity index (χ4n) is 1.40. The summed E-state index contributed by atoms with van der Waals surface area (Å²) < 4.78 is 0. The Balaban J connectivity index is 1.98. The summed E-state index contributed by atoms with van der Waals surface area (Å²) in [5.74, 6) is -0.185. The van der Waals surface area contributed by atoms with Crippen LogP contribution in [0.1, 0.15) is 35.3 Å². The first-order chi connectivity index (χ1) is 8.70. The lowest BCUT2D eigenvalue weighted by Gasteiger charge is -2.10. The summed E-state index contributed by atoms with van der Waals surface area (Å²) in [4.78, 5) is 11.9. The van der Waals surface area contributed by atoms with Gasteiger partial charge >= 0.3 is 0 Å². The van der Waals surface area contributed by atoms with Crippen LogP contribution in [0.15, 0.2) is 16.8 Å². The van der Waals surface area contributed by atoms with E-state index in [2.05, 4.69) is 20.8 Å². The lowest BCUT2D eigenvalue weighted by Crippen LogP contribution is -2.26. The van der Waals surface area contributed by atoms with E-state index in [0.29, 0.717) is 10.1 Å². The maximum Gasteiger partial charge on any atom is 0.282 e. The van der Waals surface area contributed by atoms with Crippen LogP contribution in [0, 0.1) is 0 Å². The first-order valence-corrected chi connectivity index (χ1v) is 7.37. The largest absolute Gasteiger partial charge is 0.360 e. The van der Waals surface area contributed by atoms with E-state index in [0.717, 1.165) is 12.1 Å². The van der Waals surface area contributed by atoms with Gasteiger partial charge in [-0.3, -0.25) is 4.79 Å². The number of hydrogen-bond donors (Lipinski definition) is 2. The van der Waals surface area contributed by atoms with Gasteiger partial charge in [-0.25, -0.2) is 0 Å². The number of thiophene rings is 1. The van der Waals surface area contributed by atoms with Gasteiger partial charge in [0.25, 0.3) is 5.91 Å². The minimum Gasteiger partial charge on any atom is -0.360 e. The number of hydrogen-bond acceptors (Lipinski definition) is 6. The Hall–Kier alpha value is -1.47. The van der Waals surface area contributed by atoms with Crippen molar-refractivity contribution in [3.63, 3.8) is 0 Å². The zero-order valence-electron chi connectivity index (χ0n) is 10.1. The van der Waals surface area contributed by atoms with Crippen LogP contribution >= 0.6 is 22.7 Å². The van der Waals surface area contributed by atoms with E-state index in [1.54, 1.807) is 11.3 Å². The van der Waals surface area contributed by atoms with Gasteiger partial charge in [0.05, 0.1) is 6.04 Å². The molecule has 2 aromatic rings. The van der Waals surface area contributed by atoms with Crippen LogP contribution in [0.4, 0.5) is 5.13 Å². The summed E-state index contributed by atoms with van der Waals surface area (Å²) in [6.45, 7) is 4.69. The van der Waals surface area contributed by atoms with Crippen LogP contribution in [0.2, 0.25) is 0 Å². The number of rotatable bonds is 5. The van der Waals surface area contributed by atoms with Gasteiger partial charge in [0.2, 0.25) is 10.1 Å². The number of carbonyl (C=O) groups is 1. The zero-order chi connectivity index (χ0) is 13.0. The molecule has 2 rings (SSSR count). The summed E-state index contributed by atoms with van der Waals surface area (Å²) in [6, 6.07) is 1.98. The maximum absolute atomic E-state index is 11.9. The van der Waals surface area contributed by atoms with Crippen LogP contribution in [0.5, 0.6) is 0 Å². The van der Waals surface area contributed by atoms with E-state index < -0.39 is 0 Å². The van der Waals surface area contributed by atoms with Gasteiger partial charge in [-0.1, -0.05) is 11.3 Å². The molecule has 0 saturated heterocycles. The molecule has 0 bridgehead atoms. The van der Waals surface area contributed by atoms with Crippen molar-refractivity contribution in [3.05, 3.63) is 27.4 Å². The van der Waals surface area contributed by atoms with Crippen molar-refractivity contribution in [3.8, 4) is 0 Å². The molecule has 1 unspecified atom stereocenters. The van der Waals surface area contributed by atoms with Crippen LogP contribution in [0.3, 0.4) is 0 Å². The third kappa shape index (κ3) is 3.05. The van der Waals surface area contributed by atoms with Crippen molar-refractivity contribution in [2.24, 2.45) is 0 Å². The number of carbonyl (C=O) groups excluding carboxylic acids is 1. The standard InChI is InChI=1S/C11H14N4OS2/c1-3-12-11-15-14-10(18-11)9(16)13-7(2)8-4-5-17-6-8/h4-7H,3H2,1-2H3,(H,12,15)(H,13,16). The fourth-order valence-corrected chi connectivity index (χ4v) is 2.87. The van der Waals surface area contributed by atoms with Gasteiger partial charge in [0.15, 0.2) is 0 Å². The summed E-state index contributed by atoms with van der Waals surface area (Å²) in [5.41, 5.74) is 1.10. The van der Waals surface area contributed by atoms with Gasteiger partial charge in [-0.2, -0.15) is 11.3 Å². The van der Waals surface area contributed by atoms with Gasteiger partial charge in [-0.05, 0) is 36.2 Å². The third-order valence-electron chi connectivity index (χ3n) is 2.34. The lowest BCUT2D eigenvalue weighted by molar-refractivity contribution is 0.0939. The minimum atomic E-state index is -0.185. The molecule has 2 heterocycles. The molecule has 2 aromatic heterocycles. The molecule has 0 aliphatic heterocycles. The van der Waals surface area contributed by atoms with Crippen molar-refractivity contribution in [1.29, 1.82) is 0 Å². The van der Waals surface area contributed by atoms with Crippen molar-refractivity contribution < 1.29 is 4.79 Å². The van der Waals surface area contributed by atoms with E-state index in [-0.39, 0.29) is 11.9 Å². The van der Waals surface area contributed by atoms with Crippen molar-refractivity contribution in [1.82, 2.24) is 15.5 Å². The number of nitrogens with zero attached hydrogens (tertiary/aromatic N) is 2. The Morgan fingerprint density at radius 1 is 1.50 bits per heavy atom. The zero-order valence-corrected chi connectivity index (χ0v) is 11.8. The van der Waals surface area contributed by atoms with E-state index in [4.69, 9.17) is 0 Å². The SMILES string of the molecule is CCNc1nnc(C(=O)NC(C)c2ccsc2)s1. The Morgan fingerprint density at radius 3 is 3.00 bits per heavy atom. The summed E-state index contributed by atoms with van der Waals surface area (Å²) >= 11 is 2.88. The van der Waals surface area contributed by atoms with Gasteiger partial charge in [0, 0.05) is 6.54 Å². The Kier molecular flexibility index (Phi) is 4.27. The smallest absolute Gasteiger partial charge is 0.282 e. The molecule has 0 aliphatic carbocycles. The Bertz CT molecular complexity index is 509. The Labute approximate surface area is 113 Å². The van der Waals surface area contributed by atoms with E-state index >= 15 is 0 Å². The summed E-state index contributed by atoms with van der Waals surface area (Å²) in [7, 11) is 0. The quantitative estimate of drug-likeness (QED) is 0.884. The Morgan fingerprint density at radius 2 is 2.33 bits per heavy atom. The molecular formula is C11H14N4OS2. The van der Waals surface area contributed by atoms with Gasteiger partial charge < -0.3 is 10.6 Å². The molecule has 0 aromatic carbocycles. The molecule has 1 atom stereocenters. The van der Waals surface area contributed by atoms with Gasteiger partial charge in [-0.15, -0.1) is 10.2 Å². The predicted molar refractivity (Wildman–Crippen MR) is 74.3 cm³/mol. The summed E-state index contributed by atoms with van der Waals surface area (Å²) in [6.07, 6.45) is 0. The van der Waals surface area contributed by atoms with Crippen LogP contribution in [-0.2, 0) is 0 Å². The van der Waals surface area contributed by atoms with Gasteiger partial charge in [0.1, 0.15) is 0 Å². The lowest BCUT2D eigenvalue weighted by atomic mass is 10.2.